The van der Waals surface area contributed by atoms with Gasteiger partial charge in [-0.3, -0.25) is 24.6 Å². The van der Waals surface area contributed by atoms with Crippen molar-refractivity contribution in [3.05, 3.63) is 53.3 Å². The smallest absolute Gasteiger partial charge is 0.324 e. The first-order valence-electron chi connectivity index (χ1n) is 22.2. The molecular formula is C46H67N9O6S. The SMILES string of the molecule is CCn1c(-c2cccnc2[C@H](C)OC)c2c3cc(ccc31)C1CSC(=N1)[C@@H](OCCN(C)C)[C@H](NC(=O)N1[C@@H](C)CN(C)C[C@@H]1C)C(=O)N1CCC[C@H](N1)C(=O)OCC(C)(C)C2. The highest BCUT2D eigenvalue weighted by Crippen LogP contribution is 2.43. The Morgan fingerprint density at radius 1 is 1.16 bits per heavy atom. The average molecular weight is 874 g/mol. The number of pyridine rings is 1. The number of aryl methyl sites for hydroxylation is 1. The standard InChI is InChI=1S/C46H67N9O6S/c1-11-53-37-17-16-31-22-33(37)34(40(53)32-14-12-18-47-38(32)30(4)59-10)23-46(5,6)27-61-44(57)35-15-13-19-54(50-35)43(56)39(49-45(58)55-28(2)24-52(9)25-29(55)3)41(60-21-20-51(7)8)42-48-36(31)26-62-42/h12,14,16-18,22,28-30,35-36,39,41,50H,11,13,15,19-21,23-27H2,1-10H3,(H,49,58)/t28-,29-,30-,35-,36?,39-,41-/m0/s1. The number of benzene rings is 1. The van der Waals surface area contributed by atoms with E-state index in [0.717, 1.165) is 45.5 Å². The molecule has 4 aliphatic heterocycles. The molecule has 2 N–H and O–H groups in total. The number of nitrogens with one attached hydrogen (secondary N) is 2. The molecule has 2 aromatic heterocycles. The van der Waals surface area contributed by atoms with E-state index in [-0.39, 0.29) is 42.8 Å². The van der Waals surface area contributed by atoms with Crippen LogP contribution in [0.5, 0.6) is 0 Å². The third-order valence-electron chi connectivity index (χ3n) is 12.7. The summed E-state index contributed by atoms with van der Waals surface area (Å²) >= 11 is 1.57. The maximum atomic E-state index is 15.0. The number of aliphatic imine (C=N–C) groups is 1. The lowest BCUT2D eigenvalue weighted by Crippen LogP contribution is -2.66. The van der Waals surface area contributed by atoms with E-state index in [9.17, 15) is 14.4 Å². The number of piperazine rings is 1. The molecule has 6 heterocycles. The Hall–Kier alpha value is -4.06. The maximum absolute atomic E-state index is 15.0. The zero-order valence-electron chi connectivity index (χ0n) is 38.3. The minimum Gasteiger partial charge on any atom is -0.464 e. The van der Waals surface area contributed by atoms with Gasteiger partial charge in [-0.05, 0) is 103 Å². The summed E-state index contributed by atoms with van der Waals surface area (Å²) in [5, 5.41) is 6.41. The lowest BCUT2D eigenvalue weighted by Gasteiger charge is -2.44. The van der Waals surface area contributed by atoms with Crippen molar-refractivity contribution in [2.24, 2.45) is 10.4 Å². The first-order chi connectivity index (χ1) is 29.6. The molecule has 3 aromatic rings. The van der Waals surface area contributed by atoms with Crippen LogP contribution in [0.3, 0.4) is 0 Å². The summed E-state index contributed by atoms with van der Waals surface area (Å²) in [5.74, 6) is -0.162. The number of hydrogen-bond acceptors (Lipinski definition) is 12. The van der Waals surface area contributed by atoms with Crippen LogP contribution in [0.4, 0.5) is 4.79 Å². The van der Waals surface area contributed by atoms with E-state index >= 15 is 0 Å². The zero-order chi connectivity index (χ0) is 44.5. The molecule has 3 amide bonds. The Kier molecular flexibility index (Phi) is 14.3. The van der Waals surface area contributed by atoms with Crippen LogP contribution in [0.1, 0.15) is 83.4 Å². The number of rotatable bonds is 9. The van der Waals surface area contributed by atoms with Gasteiger partial charge in [-0.15, -0.1) is 11.8 Å². The van der Waals surface area contributed by atoms with E-state index in [2.05, 4.69) is 72.3 Å². The molecule has 2 saturated heterocycles. The Morgan fingerprint density at radius 2 is 1.92 bits per heavy atom. The van der Waals surface area contributed by atoms with Gasteiger partial charge in [-0.2, -0.15) is 0 Å². The Balaban J connectivity index is 1.37. The van der Waals surface area contributed by atoms with Gasteiger partial charge < -0.3 is 38.8 Å². The number of hydrogen-bond donors (Lipinski definition) is 2. The summed E-state index contributed by atoms with van der Waals surface area (Å²) in [7, 11) is 7.70. The molecule has 0 aliphatic carbocycles. The molecule has 0 radical (unpaired) electrons. The number of hydrazine groups is 1. The Bertz CT molecular complexity index is 2130. The van der Waals surface area contributed by atoms with Gasteiger partial charge in [0.15, 0.2) is 0 Å². The lowest BCUT2D eigenvalue weighted by atomic mass is 9.84. The van der Waals surface area contributed by atoms with Crippen LogP contribution in [0.25, 0.3) is 22.2 Å². The number of likely N-dealkylation sites (N-methyl/N-ethyl adjacent to an activating group) is 2. The van der Waals surface area contributed by atoms with Crippen LogP contribution in [0, 0.1) is 5.41 Å². The number of urea groups is 1. The number of esters is 1. The number of amides is 3. The van der Waals surface area contributed by atoms with Crippen LogP contribution in [0.15, 0.2) is 41.5 Å². The van der Waals surface area contributed by atoms with Gasteiger partial charge in [-0.1, -0.05) is 19.9 Å². The van der Waals surface area contributed by atoms with Gasteiger partial charge in [0.05, 0.1) is 36.7 Å². The van der Waals surface area contributed by atoms with Crippen LogP contribution in [-0.4, -0.2) is 156 Å². The predicted octanol–water partition coefficient (Wildman–Crippen LogP) is 5.29. The molecule has 62 heavy (non-hydrogen) atoms. The summed E-state index contributed by atoms with van der Waals surface area (Å²) < 4.78 is 21.0. The van der Waals surface area contributed by atoms with Crippen LogP contribution < -0.4 is 10.7 Å². The number of nitrogens with zero attached hydrogens (tertiary/aromatic N) is 7. The van der Waals surface area contributed by atoms with Gasteiger partial charge in [0.1, 0.15) is 23.2 Å². The quantitative estimate of drug-likeness (QED) is 0.271. The summed E-state index contributed by atoms with van der Waals surface area (Å²) in [5.41, 5.74) is 8.96. The van der Waals surface area contributed by atoms with E-state index in [1.165, 1.54) is 5.01 Å². The van der Waals surface area contributed by atoms with Gasteiger partial charge >= 0.3 is 12.0 Å². The molecular weight excluding hydrogens is 807 g/mol. The summed E-state index contributed by atoms with van der Waals surface area (Å²) in [6.07, 6.45) is 2.38. The molecule has 7 atom stereocenters. The van der Waals surface area contributed by atoms with Crippen molar-refractivity contribution in [1.29, 1.82) is 0 Å². The van der Waals surface area contributed by atoms with Crippen molar-refractivity contribution >= 4 is 45.6 Å². The summed E-state index contributed by atoms with van der Waals surface area (Å²) in [6, 6.07) is 8.11. The zero-order valence-corrected chi connectivity index (χ0v) is 39.1. The fourth-order valence-corrected chi connectivity index (χ4v) is 10.7. The Morgan fingerprint density at radius 3 is 2.63 bits per heavy atom. The molecule has 1 unspecified atom stereocenters. The maximum Gasteiger partial charge on any atom is 0.324 e. The van der Waals surface area contributed by atoms with E-state index in [0.29, 0.717) is 62.8 Å². The molecule has 15 nitrogen and oxygen atoms in total. The van der Waals surface area contributed by atoms with Crippen LogP contribution in [-0.2, 0) is 36.8 Å². The first kappa shape index (κ1) is 45.9. The lowest BCUT2D eigenvalue weighted by molar-refractivity contribution is -0.155. The number of cyclic esters (lactones) is 1. The number of thioether (sulfide) groups is 1. The number of ether oxygens (including phenoxy) is 3. The number of aromatic nitrogens is 2. The van der Waals surface area contributed by atoms with Crippen molar-refractivity contribution in [3.63, 3.8) is 0 Å². The number of fused-ring (bicyclic) bond motifs is 5. The molecule has 2 fully saturated rings. The average Bonchev–Trinajstić information content (AvgIpc) is 3.85. The monoisotopic (exact) mass is 873 g/mol. The fourth-order valence-electron chi connectivity index (χ4n) is 9.55. The van der Waals surface area contributed by atoms with Gasteiger partial charge in [0.2, 0.25) is 0 Å². The van der Waals surface area contributed by atoms with Gasteiger partial charge in [0.25, 0.3) is 5.91 Å². The molecule has 16 heteroatoms. The van der Waals surface area contributed by atoms with Crippen molar-refractivity contribution in [2.45, 2.75) is 110 Å². The van der Waals surface area contributed by atoms with E-state index in [1.807, 2.05) is 56.9 Å². The number of methoxy groups -OCH3 is 1. The second kappa shape index (κ2) is 19.4. The predicted molar refractivity (Wildman–Crippen MR) is 244 cm³/mol. The van der Waals surface area contributed by atoms with Gasteiger partial charge in [0, 0.05) is 85.7 Å². The molecule has 338 valence electrons. The summed E-state index contributed by atoms with van der Waals surface area (Å²) in [6.45, 7) is 16.1. The van der Waals surface area contributed by atoms with Crippen molar-refractivity contribution in [2.75, 3.05) is 73.4 Å². The van der Waals surface area contributed by atoms with Crippen molar-refractivity contribution < 1.29 is 28.6 Å². The van der Waals surface area contributed by atoms with E-state index in [1.54, 1.807) is 18.9 Å². The van der Waals surface area contributed by atoms with Crippen LogP contribution >= 0.6 is 11.8 Å². The van der Waals surface area contributed by atoms with E-state index < -0.39 is 29.6 Å². The third kappa shape index (κ3) is 9.70. The number of carbonyl (C=O) groups is 3. The van der Waals surface area contributed by atoms with Crippen molar-refractivity contribution in [1.82, 2.24) is 40.0 Å². The minimum absolute atomic E-state index is 0.0821. The van der Waals surface area contributed by atoms with Crippen molar-refractivity contribution in [3.8, 4) is 11.3 Å². The molecule has 0 spiro atoms. The molecule has 6 bridgehead atoms. The molecule has 1 aromatic carbocycles. The Labute approximate surface area is 371 Å². The van der Waals surface area contributed by atoms with Gasteiger partial charge in [-0.25, -0.2) is 10.2 Å². The minimum atomic E-state index is -1.13. The highest BCUT2D eigenvalue weighted by molar-refractivity contribution is 8.14. The summed E-state index contributed by atoms with van der Waals surface area (Å²) in [4.78, 5) is 59.7. The topological polar surface area (TPSA) is 146 Å². The third-order valence-corrected chi connectivity index (χ3v) is 13.8. The molecule has 4 aliphatic rings. The normalized spacial score (nSPS) is 26.7. The largest absolute Gasteiger partial charge is 0.464 e. The van der Waals surface area contributed by atoms with Crippen LogP contribution in [0.2, 0.25) is 0 Å². The first-order valence-corrected chi connectivity index (χ1v) is 23.2. The fraction of sp³-hybridized carbons (Fsp3) is 0.630. The second-order valence-electron chi connectivity index (χ2n) is 18.6. The number of carbonyl (C=O) groups excluding carboxylic acids is 3. The highest BCUT2D eigenvalue weighted by Gasteiger charge is 2.44. The molecule has 0 saturated carbocycles. The molecule has 7 rings (SSSR count). The highest BCUT2D eigenvalue weighted by atomic mass is 32.2. The van der Waals surface area contributed by atoms with E-state index in [4.69, 9.17) is 24.2 Å². The second-order valence-corrected chi connectivity index (χ2v) is 19.6.